The second-order valence-electron chi connectivity index (χ2n) is 2.46. The zero-order valence-corrected chi connectivity index (χ0v) is 8.65. The van der Waals surface area contributed by atoms with E-state index in [2.05, 4.69) is 39.0 Å². The molecule has 0 nitrogen and oxygen atoms in total. The van der Waals surface area contributed by atoms with E-state index in [-0.39, 0.29) is 0 Å². The Morgan fingerprint density at radius 1 is 1.18 bits per heavy atom. The van der Waals surface area contributed by atoms with Gasteiger partial charge in [-0.05, 0) is 20.3 Å². The van der Waals surface area contributed by atoms with Crippen molar-refractivity contribution in [3.63, 3.8) is 0 Å². The molecule has 0 atom stereocenters. The molecule has 66 valence electrons. The second-order valence-corrected chi connectivity index (χ2v) is 2.46. The summed E-state index contributed by atoms with van der Waals surface area (Å²) in [5, 5.41) is 0. The Balaban J connectivity index is 0. The maximum absolute atomic E-state index is 2.20. The lowest BCUT2D eigenvalue weighted by atomic mass is 10.2. The van der Waals surface area contributed by atoms with Gasteiger partial charge >= 0.3 is 0 Å². The summed E-state index contributed by atoms with van der Waals surface area (Å²) in [5.74, 6) is 0. The van der Waals surface area contributed by atoms with Crippen LogP contribution in [-0.4, -0.2) is 0 Å². The number of allylic oxidation sites excluding steroid dienone is 4. The van der Waals surface area contributed by atoms with Crippen molar-refractivity contribution in [3.05, 3.63) is 23.8 Å². The van der Waals surface area contributed by atoms with Gasteiger partial charge in [-0.3, -0.25) is 0 Å². The molecule has 0 radical (unpaired) electrons. The first-order chi connectivity index (χ1) is 5.27. The van der Waals surface area contributed by atoms with Gasteiger partial charge in [0.1, 0.15) is 0 Å². The van der Waals surface area contributed by atoms with Gasteiger partial charge < -0.3 is 0 Å². The van der Waals surface area contributed by atoms with E-state index in [1.165, 1.54) is 18.4 Å². The van der Waals surface area contributed by atoms with Crippen LogP contribution in [0.5, 0.6) is 0 Å². The molecule has 0 aromatic carbocycles. The molecule has 0 aromatic heterocycles. The van der Waals surface area contributed by atoms with Gasteiger partial charge in [0.05, 0.1) is 0 Å². The summed E-state index contributed by atoms with van der Waals surface area (Å²) in [7, 11) is 0. The fraction of sp³-hybridized carbons (Fsp3) is 0.636. The van der Waals surface area contributed by atoms with Crippen LogP contribution in [-0.2, 0) is 0 Å². The molecule has 0 spiro atoms. The molecule has 0 aromatic rings. The largest absolute Gasteiger partial charge is 0.0845 e. The van der Waals surface area contributed by atoms with Crippen LogP contribution in [0.1, 0.15) is 47.5 Å². The van der Waals surface area contributed by atoms with Crippen molar-refractivity contribution in [1.82, 2.24) is 0 Å². The summed E-state index contributed by atoms with van der Waals surface area (Å²) in [6, 6.07) is 0. The van der Waals surface area contributed by atoms with Crippen LogP contribution in [0.2, 0.25) is 0 Å². The molecule has 0 N–H and O–H groups in total. The normalized spacial score (nSPS) is 8.82. The average Bonchev–Trinajstić information content (AvgIpc) is 2.02. The van der Waals surface area contributed by atoms with Gasteiger partial charge in [0.2, 0.25) is 0 Å². The van der Waals surface area contributed by atoms with Crippen LogP contribution < -0.4 is 0 Å². The second kappa shape index (κ2) is 12.2. The lowest BCUT2D eigenvalue weighted by Crippen LogP contribution is -1.61. The first-order valence-corrected chi connectivity index (χ1v) is 4.57. The first-order valence-electron chi connectivity index (χ1n) is 4.57. The summed E-state index contributed by atoms with van der Waals surface area (Å²) < 4.78 is 0. The highest BCUT2D eigenvalue weighted by molar-refractivity contribution is 5.07. The van der Waals surface area contributed by atoms with Crippen LogP contribution in [0, 0.1) is 0 Å². The fourth-order valence-electron chi connectivity index (χ4n) is 0.523. The number of hydrogen-bond donors (Lipinski definition) is 0. The minimum Gasteiger partial charge on any atom is -0.0845 e. The summed E-state index contributed by atoms with van der Waals surface area (Å²) in [5.41, 5.74) is 1.36. The Morgan fingerprint density at radius 3 is 2.09 bits per heavy atom. The van der Waals surface area contributed by atoms with Crippen molar-refractivity contribution in [1.29, 1.82) is 0 Å². The predicted molar refractivity (Wildman–Crippen MR) is 54.8 cm³/mol. The van der Waals surface area contributed by atoms with Crippen LogP contribution in [0.15, 0.2) is 23.8 Å². The van der Waals surface area contributed by atoms with E-state index >= 15 is 0 Å². The standard InChI is InChI=1S/C9H16.C2H6/c1-4-5-6-7-8-9(2)3;1-2/h6-8H,4-5H2,1-3H3;1-2H3/b7-6-;. The van der Waals surface area contributed by atoms with Gasteiger partial charge in [-0.1, -0.05) is 51.0 Å². The van der Waals surface area contributed by atoms with Crippen molar-refractivity contribution in [2.45, 2.75) is 47.5 Å². The Hall–Kier alpha value is -0.520. The number of unbranched alkanes of at least 4 members (excludes halogenated alkanes) is 1. The lowest BCUT2D eigenvalue weighted by Gasteiger charge is -1.82. The molecule has 0 saturated carbocycles. The van der Waals surface area contributed by atoms with E-state index in [0.717, 1.165) is 0 Å². The van der Waals surface area contributed by atoms with Gasteiger partial charge in [-0.25, -0.2) is 0 Å². The van der Waals surface area contributed by atoms with E-state index in [0.29, 0.717) is 0 Å². The lowest BCUT2D eigenvalue weighted by molar-refractivity contribution is 0.958. The molecule has 0 rings (SSSR count). The maximum Gasteiger partial charge on any atom is -0.0350 e. The van der Waals surface area contributed by atoms with Gasteiger partial charge in [-0.2, -0.15) is 0 Å². The summed E-state index contributed by atoms with van der Waals surface area (Å²) in [6.45, 7) is 10.4. The molecule has 0 saturated heterocycles. The quantitative estimate of drug-likeness (QED) is 0.531. The summed E-state index contributed by atoms with van der Waals surface area (Å²) >= 11 is 0. The molecule has 0 amide bonds. The third-order valence-electron chi connectivity index (χ3n) is 1.02. The van der Waals surface area contributed by atoms with Crippen LogP contribution in [0.25, 0.3) is 0 Å². The average molecular weight is 154 g/mol. The molecular weight excluding hydrogens is 132 g/mol. The van der Waals surface area contributed by atoms with Gasteiger partial charge in [0.15, 0.2) is 0 Å². The van der Waals surface area contributed by atoms with Crippen LogP contribution in [0.4, 0.5) is 0 Å². The van der Waals surface area contributed by atoms with Crippen LogP contribution in [0.3, 0.4) is 0 Å². The molecule has 0 aliphatic heterocycles. The zero-order chi connectivity index (χ0) is 9.11. The number of rotatable bonds is 3. The molecule has 0 aliphatic rings. The van der Waals surface area contributed by atoms with Crippen molar-refractivity contribution >= 4 is 0 Å². The highest BCUT2D eigenvalue weighted by atomic mass is 13.8. The van der Waals surface area contributed by atoms with Crippen molar-refractivity contribution < 1.29 is 0 Å². The highest BCUT2D eigenvalue weighted by Crippen LogP contribution is 1.92. The number of hydrogen-bond acceptors (Lipinski definition) is 0. The highest BCUT2D eigenvalue weighted by Gasteiger charge is 1.71. The fourth-order valence-corrected chi connectivity index (χ4v) is 0.523. The molecular formula is C11H22. The van der Waals surface area contributed by atoms with Crippen molar-refractivity contribution in [3.8, 4) is 0 Å². The molecule has 0 bridgehead atoms. The third kappa shape index (κ3) is 17.7. The van der Waals surface area contributed by atoms with Crippen molar-refractivity contribution in [2.24, 2.45) is 0 Å². The van der Waals surface area contributed by atoms with E-state index in [1.54, 1.807) is 0 Å². The van der Waals surface area contributed by atoms with Gasteiger partial charge in [0, 0.05) is 0 Å². The predicted octanol–water partition coefficient (Wildman–Crippen LogP) is 4.34. The molecule has 0 unspecified atom stereocenters. The SMILES string of the molecule is CC.CCC/C=C\C=C(C)C. The van der Waals surface area contributed by atoms with Gasteiger partial charge in [-0.15, -0.1) is 0 Å². The Labute approximate surface area is 72.0 Å². The Kier molecular flexibility index (Phi) is 14.5. The Bertz CT molecular complexity index is 103. The molecule has 0 aliphatic carbocycles. The van der Waals surface area contributed by atoms with E-state index < -0.39 is 0 Å². The first kappa shape index (κ1) is 13.1. The monoisotopic (exact) mass is 154 g/mol. The zero-order valence-electron chi connectivity index (χ0n) is 8.65. The minimum atomic E-state index is 1.20. The molecule has 11 heavy (non-hydrogen) atoms. The molecule has 0 heteroatoms. The summed E-state index contributed by atoms with van der Waals surface area (Å²) in [6.07, 6.45) is 8.90. The van der Waals surface area contributed by atoms with Crippen molar-refractivity contribution in [2.75, 3.05) is 0 Å². The summed E-state index contributed by atoms with van der Waals surface area (Å²) in [4.78, 5) is 0. The molecule has 0 fully saturated rings. The minimum absolute atomic E-state index is 1.20. The smallest absolute Gasteiger partial charge is 0.0350 e. The maximum atomic E-state index is 2.20. The van der Waals surface area contributed by atoms with E-state index in [9.17, 15) is 0 Å². The van der Waals surface area contributed by atoms with Crippen LogP contribution >= 0.6 is 0 Å². The third-order valence-corrected chi connectivity index (χ3v) is 1.02. The van der Waals surface area contributed by atoms with E-state index in [4.69, 9.17) is 0 Å². The molecule has 0 heterocycles. The topological polar surface area (TPSA) is 0 Å². The van der Waals surface area contributed by atoms with E-state index in [1.807, 2.05) is 13.8 Å². The van der Waals surface area contributed by atoms with Gasteiger partial charge in [0.25, 0.3) is 0 Å². The Morgan fingerprint density at radius 2 is 1.73 bits per heavy atom.